The lowest BCUT2D eigenvalue weighted by Gasteiger charge is -2.13. The molecule has 0 spiro atoms. The Balaban J connectivity index is 2.17. The molecule has 0 aliphatic rings. The van der Waals surface area contributed by atoms with Gasteiger partial charge in [-0.15, -0.1) is 0 Å². The van der Waals surface area contributed by atoms with Gasteiger partial charge in [0.2, 0.25) is 0 Å². The number of hydrogen-bond donors (Lipinski definition) is 1. The zero-order chi connectivity index (χ0) is 12.3. The van der Waals surface area contributed by atoms with E-state index in [9.17, 15) is 0 Å². The summed E-state index contributed by atoms with van der Waals surface area (Å²) < 4.78 is 1.76. The summed E-state index contributed by atoms with van der Waals surface area (Å²) in [5.41, 5.74) is 1.06. The predicted molar refractivity (Wildman–Crippen MR) is 63.3 cm³/mol. The molecule has 0 aromatic carbocycles. The Bertz CT molecular complexity index is 475. The van der Waals surface area contributed by atoms with Crippen LogP contribution in [0.25, 0.3) is 0 Å². The van der Waals surface area contributed by atoms with Gasteiger partial charge in [-0.1, -0.05) is 0 Å². The van der Waals surface area contributed by atoms with Crippen molar-refractivity contribution in [1.29, 1.82) is 0 Å². The number of aryl methyl sites for hydroxylation is 2. The van der Waals surface area contributed by atoms with Gasteiger partial charge in [0.05, 0.1) is 6.04 Å². The first-order valence-electron chi connectivity index (χ1n) is 5.49. The van der Waals surface area contributed by atoms with E-state index in [4.69, 9.17) is 0 Å². The standard InChI is InChI=1S/C11H16N6/c1-8-5-13-11(14-6-8)9(12-2)4-10-15-7-16-17(10)3/h5-7,9,12H,4H2,1-3H3. The van der Waals surface area contributed by atoms with Crippen LogP contribution in [0.4, 0.5) is 0 Å². The molecule has 0 aliphatic carbocycles. The number of nitrogens with zero attached hydrogens (tertiary/aromatic N) is 5. The Morgan fingerprint density at radius 1 is 1.29 bits per heavy atom. The second-order valence-electron chi connectivity index (χ2n) is 3.96. The van der Waals surface area contributed by atoms with Gasteiger partial charge in [0.25, 0.3) is 0 Å². The van der Waals surface area contributed by atoms with E-state index in [1.54, 1.807) is 11.0 Å². The molecular weight excluding hydrogens is 216 g/mol. The van der Waals surface area contributed by atoms with Gasteiger partial charge in [0, 0.05) is 25.9 Å². The molecule has 90 valence electrons. The second-order valence-corrected chi connectivity index (χ2v) is 3.96. The first kappa shape index (κ1) is 11.7. The molecule has 0 aliphatic heterocycles. The van der Waals surface area contributed by atoms with Gasteiger partial charge in [-0.05, 0) is 19.5 Å². The number of nitrogens with one attached hydrogen (secondary N) is 1. The molecule has 1 unspecified atom stereocenters. The fourth-order valence-electron chi connectivity index (χ4n) is 1.59. The van der Waals surface area contributed by atoms with Gasteiger partial charge in [0.1, 0.15) is 18.0 Å². The Labute approximate surface area is 100 Å². The van der Waals surface area contributed by atoms with Crippen LogP contribution >= 0.6 is 0 Å². The van der Waals surface area contributed by atoms with Crippen LogP contribution in [0.1, 0.15) is 23.3 Å². The minimum absolute atomic E-state index is 0.0542. The highest BCUT2D eigenvalue weighted by Gasteiger charge is 2.15. The van der Waals surface area contributed by atoms with E-state index in [0.717, 1.165) is 23.6 Å². The highest BCUT2D eigenvalue weighted by atomic mass is 15.3. The summed E-state index contributed by atoms with van der Waals surface area (Å²) in [5, 5.41) is 7.25. The van der Waals surface area contributed by atoms with Crippen molar-refractivity contribution in [2.45, 2.75) is 19.4 Å². The van der Waals surface area contributed by atoms with Gasteiger partial charge in [-0.2, -0.15) is 5.10 Å². The van der Waals surface area contributed by atoms with Crippen molar-refractivity contribution >= 4 is 0 Å². The third kappa shape index (κ3) is 2.65. The summed E-state index contributed by atoms with van der Waals surface area (Å²) in [7, 11) is 3.77. The Hall–Kier alpha value is -1.82. The normalized spacial score (nSPS) is 12.6. The van der Waals surface area contributed by atoms with Crippen LogP contribution in [0.2, 0.25) is 0 Å². The van der Waals surface area contributed by atoms with Crippen LogP contribution < -0.4 is 5.32 Å². The van der Waals surface area contributed by atoms with Gasteiger partial charge in [-0.25, -0.2) is 15.0 Å². The lowest BCUT2D eigenvalue weighted by atomic mass is 10.2. The molecule has 2 rings (SSSR count). The first-order chi connectivity index (χ1) is 8.20. The van der Waals surface area contributed by atoms with E-state index in [2.05, 4.69) is 25.4 Å². The lowest BCUT2D eigenvalue weighted by Crippen LogP contribution is -2.22. The molecule has 0 radical (unpaired) electrons. The molecule has 2 aromatic heterocycles. The Morgan fingerprint density at radius 3 is 2.53 bits per heavy atom. The minimum Gasteiger partial charge on any atom is -0.310 e. The van der Waals surface area contributed by atoms with E-state index in [1.807, 2.05) is 33.4 Å². The maximum absolute atomic E-state index is 4.33. The van der Waals surface area contributed by atoms with E-state index in [-0.39, 0.29) is 6.04 Å². The maximum Gasteiger partial charge on any atom is 0.145 e. The van der Waals surface area contributed by atoms with Crippen LogP contribution in [0.5, 0.6) is 0 Å². The smallest absolute Gasteiger partial charge is 0.145 e. The van der Waals surface area contributed by atoms with Crippen molar-refractivity contribution < 1.29 is 0 Å². The van der Waals surface area contributed by atoms with Crippen LogP contribution in [0.3, 0.4) is 0 Å². The topological polar surface area (TPSA) is 68.5 Å². The van der Waals surface area contributed by atoms with Gasteiger partial charge >= 0.3 is 0 Å². The van der Waals surface area contributed by atoms with E-state index in [1.165, 1.54) is 0 Å². The summed E-state index contributed by atoms with van der Waals surface area (Å²) >= 11 is 0. The molecule has 0 saturated carbocycles. The molecule has 6 heteroatoms. The van der Waals surface area contributed by atoms with Crippen LogP contribution in [-0.4, -0.2) is 31.8 Å². The zero-order valence-corrected chi connectivity index (χ0v) is 10.3. The highest BCUT2D eigenvalue weighted by molar-refractivity contribution is 5.06. The molecular formula is C11H16N6. The molecule has 0 bridgehead atoms. The summed E-state index contributed by atoms with van der Waals surface area (Å²) in [5.74, 6) is 1.69. The number of rotatable bonds is 4. The van der Waals surface area contributed by atoms with Gasteiger partial charge in [0.15, 0.2) is 0 Å². The molecule has 0 fully saturated rings. The van der Waals surface area contributed by atoms with Crippen LogP contribution in [0, 0.1) is 6.92 Å². The maximum atomic E-state index is 4.33. The molecule has 17 heavy (non-hydrogen) atoms. The van der Waals surface area contributed by atoms with Crippen molar-refractivity contribution in [2.75, 3.05) is 7.05 Å². The number of hydrogen-bond acceptors (Lipinski definition) is 5. The molecule has 2 heterocycles. The third-order valence-corrected chi connectivity index (χ3v) is 2.65. The van der Waals surface area contributed by atoms with Crippen LogP contribution in [0.15, 0.2) is 18.7 Å². The lowest BCUT2D eigenvalue weighted by molar-refractivity contribution is 0.526. The average molecular weight is 232 g/mol. The molecule has 1 N–H and O–H groups in total. The summed E-state index contributed by atoms with van der Waals surface area (Å²) in [6.07, 6.45) is 5.92. The fraction of sp³-hybridized carbons (Fsp3) is 0.455. The summed E-state index contributed by atoms with van der Waals surface area (Å²) in [6.45, 7) is 1.97. The largest absolute Gasteiger partial charge is 0.310 e. The summed E-state index contributed by atoms with van der Waals surface area (Å²) in [6, 6.07) is 0.0542. The third-order valence-electron chi connectivity index (χ3n) is 2.65. The quantitative estimate of drug-likeness (QED) is 0.827. The zero-order valence-electron chi connectivity index (χ0n) is 10.3. The molecule has 0 amide bonds. The first-order valence-corrected chi connectivity index (χ1v) is 5.49. The summed E-state index contributed by atoms with van der Waals surface area (Å²) in [4.78, 5) is 12.9. The predicted octanol–water partition coefficient (Wildman–Crippen LogP) is 0.417. The Morgan fingerprint density at radius 2 is 2.00 bits per heavy atom. The van der Waals surface area contributed by atoms with Gasteiger partial charge < -0.3 is 5.32 Å². The minimum atomic E-state index is 0.0542. The van der Waals surface area contributed by atoms with Crippen LogP contribution in [-0.2, 0) is 13.5 Å². The van der Waals surface area contributed by atoms with Gasteiger partial charge in [-0.3, -0.25) is 4.68 Å². The number of aromatic nitrogens is 5. The van der Waals surface area contributed by atoms with Crippen molar-refractivity contribution in [3.05, 3.63) is 35.9 Å². The van der Waals surface area contributed by atoms with E-state index >= 15 is 0 Å². The SMILES string of the molecule is CNC(Cc1ncnn1C)c1ncc(C)cn1. The molecule has 6 nitrogen and oxygen atoms in total. The van der Waals surface area contributed by atoms with Crippen molar-refractivity contribution in [2.24, 2.45) is 7.05 Å². The number of likely N-dealkylation sites (N-methyl/N-ethyl adjacent to an activating group) is 1. The second kappa shape index (κ2) is 5.01. The van der Waals surface area contributed by atoms with Crippen molar-refractivity contribution in [1.82, 2.24) is 30.0 Å². The average Bonchev–Trinajstić information content (AvgIpc) is 2.73. The molecule has 0 saturated heterocycles. The molecule has 1 atom stereocenters. The monoisotopic (exact) mass is 232 g/mol. The van der Waals surface area contributed by atoms with E-state index in [0.29, 0.717) is 0 Å². The highest BCUT2D eigenvalue weighted by Crippen LogP contribution is 2.12. The van der Waals surface area contributed by atoms with Crippen molar-refractivity contribution in [3.63, 3.8) is 0 Å². The van der Waals surface area contributed by atoms with Crippen molar-refractivity contribution in [3.8, 4) is 0 Å². The fourth-order valence-corrected chi connectivity index (χ4v) is 1.59. The van der Waals surface area contributed by atoms with E-state index < -0.39 is 0 Å². The molecule has 2 aromatic rings. The Kier molecular flexibility index (Phi) is 3.43.